The molecule has 0 spiro atoms. The van der Waals surface area contributed by atoms with E-state index in [0.717, 1.165) is 34.4 Å². The monoisotopic (exact) mass is 341 g/mol. The summed E-state index contributed by atoms with van der Waals surface area (Å²) in [6.07, 6.45) is 1.97. The highest BCUT2D eigenvalue weighted by Crippen LogP contribution is 2.44. The summed E-state index contributed by atoms with van der Waals surface area (Å²) in [7, 11) is 0. The maximum Gasteiger partial charge on any atom is 0.261 e. The number of aromatic nitrogens is 2. The van der Waals surface area contributed by atoms with Gasteiger partial charge in [0.15, 0.2) is 0 Å². The molecule has 1 aliphatic rings. The largest absolute Gasteiger partial charge is 0.396 e. The van der Waals surface area contributed by atoms with Crippen molar-refractivity contribution in [3.05, 3.63) is 47.0 Å². The van der Waals surface area contributed by atoms with Gasteiger partial charge in [-0.05, 0) is 38.0 Å². The number of nitrogens with zero attached hydrogens (tertiary/aromatic N) is 2. The highest BCUT2D eigenvalue weighted by atomic mass is 32.1. The van der Waals surface area contributed by atoms with Crippen LogP contribution in [0.2, 0.25) is 0 Å². The van der Waals surface area contributed by atoms with Crippen molar-refractivity contribution >= 4 is 27.5 Å². The maximum atomic E-state index is 12.4. The number of hydrogen-bond acceptors (Lipinski definition) is 4. The molecular formula is C18H19N3O2S. The van der Waals surface area contributed by atoms with Crippen LogP contribution in [0.5, 0.6) is 0 Å². The van der Waals surface area contributed by atoms with Crippen LogP contribution in [0.25, 0.3) is 15.9 Å². The third kappa shape index (κ3) is 2.61. The van der Waals surface area contributed by atoms with E-state index in [1.807, 2.05) is 48.0 Å². The van der Waals surface area contributed by atoms with Crippen molar-refractivity contribution in [3.63, 3.8) is 0 Å². The van der Waals surface area contributed by atoms with Gasteiger partial charge in [-0.2, -0.15) is 5.10 Å². The van der Waals surface area contributed by atoms with E-state index in [1.165, 1.54) is 11.3 Å². The Morgan fingerprint density at radius 1 is 1.38 bits per heavy atom. The molecule has 0 radical (unpaired) electrons. The van der Waals surface area contributed by atoms with Crippen molar-refractivity contribution in [2.45, 2.75) is 19.8 Å². The second kappa shape index (κ2) is 5.72. The molecule has 0 saturated heterocycles. The lowest BCUT2D eigenvalue weighted by atomic mass is 10.1. The molecule has 0 aliphatic heterocycles. The molecule has 1 saturated carbocycles. The molecule has 1 fully saturated rings. The Balaban J connectivity index is 1.62. The highest BCUT2D eigenvalue weighted by molar-refractivity contribution is 7.20. The first-order chi connectivity index (χ1) is 11.6. The fourth-order valence-corrected chi connectivity index (χ4v) is 3.93. The van der Waals surface area contributed by atoms with Crippen LogP contribution in [0.3, 0.4) is 0 Å². The number of aryl methyl sites for hydroxylation is 1. The van der Waals surface area contributed by atoms with Crippen molar-refractivity contribution in [2.24, 2.45) is 5.41 Å². The SMILES string of the molecule is Cc1nn(-c2ccccc2)c2sc(C(=O)NCC3(CO)CC3)cc12. The lowest BCUT2D eigenvalue weighted by molar-refractivity contribution is 0.0939. The van der Waals surface area contributed by atoms with E-state index in [9.17, 15) is 9.90 Å². The van der Waals surface area contributed by atoms with Crippen molar-refractivity contribution in [1.29, 1.82) is 0 Å². The van der Waals surface area contributed by atoms with Crippen molar-refractivity contribution in [3.8, 4) is 5.69 Å². The van der Waals surface area contributed by atoms with Gasteiger partial charge in [0.05, 0.1) is 22.9 Å². The van der Waals surface area contributed by atoms with Gasteiger partial charge < -0.3 is 10.4 Å². The van der Waals surface area contributed by atoms with Crippen LogP contribution in [0.1, 0.15) is 28.2 Å². The number of hydrogen-bond donors (Lipinski definition) is 2. The van der Waals surface area contributed by atoms with Crippen LogP contribution in [0.15, 0.2) is 36.4 Å². The second-order valence-corrected chi connectivity index (χ2v) is 7.53. The Labute approximate surface area is 143 Å². The van der Waals surface area contributed by atoms with Crippen molar-refractivity contribution in [2.75, 3.05) is 13.2 Å². The van der Waals surface area contributed by atoms with Crippen LogP contribution in [-0.4, -0.2) is 33.9 Å². The quantitative estimate of drug-likeness (QED) is 0.750. The van der Waals surface area contributed by atoms with Gasteiger partial charge in [0.1, 0.15) is 4.83 Å². The highest BCUT2D eigenvalue weighted by Gasteiger charge is 2.42. The summed E-state index contributed by atoms with van der Waals surface area (Å²) < 4.78 is 1.89. The number of rotatable bonds is 5. The molecule has 2 N–H and O–H groups in total. The van der Waals surface area contributed by atoms with E-state index >= 15 is 0 Å². The van der Waals surface area contributed by atoms with E-state index in [1.54, 1.807) is 0 Å². The smallest absolute Gasteiger partial charge is 0.261 e. The minimum atomic E-state index is -0.0803. The average molecular weight is 341 g/mol. The lowest BCUT2D eigenvalue weighted by Gasteiger charge is -2.11. The fourth-order valence-electron chi connectivity index (χ4n) is 2.83. The Morgan fingerprint density at radius 2 is 2.12 bits per heavy atom. The number of aliphatic hydroxyl groups excluding tert-OH is 1. The molecule has 6 heteroatoms. The molecule has 1 aromatic carbocycles. The van der Waals surface area contributed by atoms with E-state index < -0.39 is 0 Å². The lowest BCUT2D eigenvalue weighted by Crippen LogP contribution is -2.31. The zero-order valence-corrected chi connectivity index (χ0v) is 14.3. The predicted molar refractivity (Wildman–Crippen MR) is 94.8 cm³/mol. The number of fused-ring (bicyclic) bond motifs is 1. The standard InChI is InChI=1S/C18H19N3O2S/c1-12-14-9-15(16(23)19-10-18(11-22)7-8-18)24-17(14)21(20-12)13-5-3-2-4-6-13/h2-6,9,22H,7-8,10-11H2,1H3,(H,19,23). The topological polar surface area (TPSA) is 67.2 Å². The number of aliphatic hydroxyl groups is 1. The summed E-state index contributed by atoms with van der Waals surface area (Å²) in [5.41, 5.74) is 1.82. The first-order valence-corrected chi connectivity index (χ1v) is 8.87. The molecule has 5 nitrogen and oxygen atoms in total. The summed E-state index contributed by atoms with van der Waals surface area (Å²) in [6, 6.07) is 11.8. The molecule has 2 aromatic heterocycles. The molecule has 2 heterocycles. The number of para-hydroxylation sites is 1. The van der Waals surface area contributed by atoms with E-state index in [2.05, 4.69) is 10.4 Å². The number of benzene rings is 1. The molecule has 0 atom stereocenters. The van der Waals surface area contributed by atoms with Crippen LogP contribution in [0.4, 0.5) is 0 Å². The van der Waals surface area contributed by atoms with Crippen molar-refractivity contribution in [1.82, 2.24) is 15.1 Å². The fraction of sp³-hybridized carbons (Fsp3) is 0.333. The summed E-state index contributed by atoms with van der Waals surface area (Å²) in [6.45, 7) is 2.64. The number of nitrogens with one attached hydrogen (secondary N) is 1. The summed E-state index contributed by atoms with van der Waals surface area (Å²) in [4.78, 5) is 14.1. The van der Waals surface area contributed by atoms with Crippen LogP contribution < -0.4 is 5.32 Å². The molecule has 1 aliphatic carbocycles. The zero-order valence-electron chi connectivity index (χ0n) is 13.5. The molecule has 3 aromatic rings. The summed E-state index contributed by atoms with van der Waals surface area (Å²) in [5.74, 6) is -0.0741. The average Bonchev–Trinajstić information content (AvgIpc) is 3.15. The van der Waals surface area contributed by atoms with Gasteiger partial charge in [-0.3, -0.25) is 4.79 Å². The molecule has 124 valence electrons. The molecule has 4 rings (SSSR count). The van der Waals surface area contributed by atoms with Gasteiger partial charge in [-0.1, -0.05) is 18.2 Å². The molecule has 0 unspecified atom stereocenters. The van der Waals surface area contributed by atoms with Gasteiger partial charge in [0.2, 0.25) is 0 Å². The van der Waals surface area contributed by atoms with Crippen LogP contribution >= 0.6 is 11.3 Å². The Morgan fingerprint density at radius 3 is 2.79 bits per heavy atom. The third-order valence-corrected chi connectivity index (χ3v) is 5.80. The van der Waals surface area contributed by atoms with E-state index in [4.69, 9.17) is 0 Å². The van der Waals surface area contributed by atoms with Crippen LogP contribution in [-0.2, 0) is 0 Å². The Kier molecular flexibility index (Phi) is 3.66. The normalized spacial score (nSPS) is 15.6. The molecular weight excluding hydrogens is 322 g/mol. The van der Waals surface area contributed by atoms with Gasteiger partial charge in [0.25, 0.3) is 5.91 Å². The van der Waals surface area contributed by atoms with Crippen molar-refractivity contribution < 1.29 is 9.90 Å². The van der Waals surface area contributed by atoms with Crippen LogP contribution in [0, 0.1) is 12.3 Å². The van der Waals surface area contributed by atoms with E-state index in [0.29, 0.717) is 11.4 Å². The number of carbonyl (C=O) groups excluding carboxylic acids is 1. The number of thiophene rings is 1. The number of carbonyl (C=O) groups is 1. The number of amides is 1. The predicted octanol–water partition coefficient (Wildman–Crippen LogP) is 2.90. The van der Waals surface area contributed by atoms with Gasteiger partial charge >= 0.3 is 0 Å². The summed E-state index contributed by atoms with van der Waals surface area (Å²) >= 11 is 1.45. The first kappa shape index (κ1) is 15.4. The third-order valence-electron chi connectivity index (χ3n) is 4.69. The van der Waals surface area contributed by atoms with Gasteiger partial charge in [-0.15, -0.1) is 11.3 Å². The zero-order chi connectivity index (χ0) is 16.7. The Bertz CT molecular complexity index is 894. The molecule has 0 bridgehead atoms. The minimum Gasteiger partial charge on any atom is -0.396 e. The van der Waals surface area contributed by atoms with Gasteiger partial charge in [-0.25, -0.2) is 4.68 Å². The second-order valence-electron chi connectivity index (χ2n) is 6.50. The molecule has 1 amide bonds. The summed E-state index contributed by atoms with van der Waals surface area (Å²) in [5, 5.41) is 17.9. The van der Waals surface area contributed by atoms with E-state index in [-0.39, 0.29) is 17.9 Å². The molecule has 24 heavy (non-hydrogen) atoms. The maximum absolute atomic E-state index is 12.4. The first-order valence-electron chi connectivity index (χ1n) is 8.06. The Hall–Kier alpha value is -2.18. The van der Waals surface area contributed by atoms with Gasteiger partial charge in [0, 0.05) is 17.3 Å². The minimum absolute atomic E-state index is 0.0741.